The molecule has 0 fully saturated rings. The summed E-state index contributed by atoms with van der Waals surface area (Å²) in [4.78, 5) is 21.6. The predicted molar refractivity (Wildman–Crippen MR) is 257 cm³/mol. The maximum atomic E-state index is 14.2. The van der Waals surface area contributed by atoms with E-state index in [0.29, 0.717) is 35.5 Å². The van der Waals surface area contributed by atoms with E-state index in [2.05, 4.69) is 0 Å². The minimum Gasteiger partial charge on any atom is -0.423 e. The third-order valence-electron chi connectivity index (χ3n) is 13.0. The Morgan fingerprint density at radius 1 is 0.330 bits per heavy atom. The van der Waals surface area contributed by atoms with Gasteiger partial charge in [-0.2, -0.15) is 127 Å². The molecule has 0 aliphatic rings. The number of halogens is 25. The van der Waals surface area contributed by atoms with Crippen molar-refractivity contribution >= 4 is 39.4 Å². The fourth-order valence-electron chi connectivity index (χ4n) is 9.21. The summed E-state index contributed by atoms with van der Waals surface area (Å²) in [6.45, 7) is 0. The molecule has 0 spiro atoms. The lowest BCUT2D eigenvalue weighted by atomic mass is 9.12. The van der Waals surface area contributed by atoms with Gasteiger partial charge in [-0.25, -0.2) is 0 Å². The maximum Gasteiger partial charge on any atom is 0.442 e. The van der Waals surface area contributed by atoms with Gasteiger partial charge in [0.25, 0.3) is 11.4 Å². The Bertz CT molecular complexity index is 3360. The number of rotatable bonds is 12. The SMILES string of the molecule is FC(F)(F)c1cc([B-](c2cc(C(F)(F)F)cc(C(F)(F)F)c2)(c2cc(C(F)(F)F)cc(C(F)(F)F)c2)c2cc(C(F)(F)F)cc(C(F)(F)F)c2)cc(C(F)(F)F)c1.O=[N+]([O-])c1ccccc1Cc1ccc([I+]c2ccc(Cc3ccccc3[N+](=O)[O-])o2)o1. The normalized spacial score (nSPS) is 13.1. The lowest BCUT2D eigenvalue weighted by molar-refractivity contribution is -0.636. The first-order valence-electron chi connectivity index (χ1n) is 23.9. The van der Waals surface area contributed by atoms with Crippen molar-refractivity contribution in [3.63, 3.8) is 0 Å². The minimum atomic E-state index is -6.13. The lowest BCUT2D eigenvalue weighted by Crippen LogP contribution is -3.61. The van der Waals surface area contributed by atoms with E-state index in [-0.39, 0.29) is 11.4 Å². The quantitative estimate of drug-likeness (QED) is 0.0396. The van der Waals surface area contributed by atoms with Crippen LogP contribution in [0.2, 0.25) is 0 Å². The first kappa shape index (κ1) is 67.3. The summed E-state index contributed by atoms with van der Waals surface area (Å²) in [5, 5.41) is 22.4. The standard InChI is InChI=1S/C32H12BF24.C22H16IN2O6/c34-25(35,36)13-1-14(26(37,38)39)6-21(5-13)33(22-7-15(27(40,41)42)2-16(8-22)28(43,44)45,23-9-17(29(46,47)48)3-18(10-23)30(49,50)51)24-11-19(31(52,53)54)4-20(12-24)32(55,56)57;26-24(27)19-7-3-1-5-15(19)13-17-9-11-21(30-17)23-22-12-10-18(31-22)14-16-6-2-4-8-20(16)25(28)29/h1-12H;1-12H,13-14H2/q-1;+1. The molecule has 0 atom stereocenters. The van der Waals surface area contributed by atoms with Gasteiger partial charge in [-0.1, -0.05) is 84.9 Å². The molecular formula is C54H28BF24IN2O6. The molecule has 0 N–H and O–H groups in total. The van der Waals surface area contributed by atoms with Crippen molar-refractivity contribution < 1.29 is 145 Å². The Balaban J connectivity index is 0.000000298. The molecule has 0 radical (unpaired) electrons. The van der Waals surface area contributed by atoms with Crippen LogP contribution < -0.4 is 43.1 Å². The molecule has 2 heterocycles. The van der Waals surface area contributed by atoms with Gasteiger partial charge in [0.2, 0.25) is 0 Å². The summed E-state index contributed by atoms with van der Waals surface area (Å²) in [6, 6.07) is 11.8. The van der Waals surface area contributed by atoms with E-state index in [1.54, 1.807) is 36.4 Å². The van der Waals surface area contributed by atoms with Gasteiger partial charge in [-0.05, 0) is 36.4 Å². The fourth-order valence-corrected chi connectivity index (χ4v) is 11.2. The van der Waals surface area contributed by atoms with Gasteiger partial charge in [0.15, 0.2) is 0 Å². The van der Waals surface area contributed by atoms with Gasteiger partial charge in [0.05, 0.1) is 54.4 Å². The zero-order chi connectivity index (χ0) is 65.7. The van der Waals surface area contributed by atoms with Gasteiger partial charge in [-0.3, -0.25) is 20.2 Å². The number of hydrogen-bond donors (Lipinski definition) is 0. The van der Waals surface area contributed by atoms with Crippen molar-refractivity contribution in [3.8, 4) is 0 Å². The number of nitro groups is 2. The topological polar surface area (TPSA) is 113 Å². The average molecular weight is 1390 g/mol. The molecule has 2 aromatic heterocycles. The largest absolute Gasteiger partial charge is 0.442 e. The van der Waals surface area contributed by atoms with Crippen LogP contribution in [0, 0.1) is 27.8 Å². The molecule has 0 aliphatic carbocycles. The Morgan fingerprint density at radius 3 is 0.750 bits per heavy atom. The number of furan rings is 2. The molecule has 0 bridgehead atoms. The molecule has 0 saturated heterocycles. The first-order valence-corrected chi connectivity index (χ1v) is 26.0. The number of benzene rings is 6. The average Bonchev–Trinajstić information content (AvgIpc) is 0.908. The number of nitro benzene ring substituents is 2. The van der Waals surface area contributed by atoms with Crippen LogP contribution in [0.5, 0.6) is 0 Å². The molecule has 0 aliphatic heterocycles. The summed E-state index contributed by atoms with van der Waals surface area (Å²) < 4.78 is 354. The highest BCUT2D eigenvalue weighted by Crippen LogP contribution is 2.42. The smallest absolute Gasteiger partial charge is 0.423 e. The number of para-hydroxylation sites is 2. The minimum absolute atomic E-state index is 0.0702. The van der Waals surface area contributed by atoms with Crippen LogP contribution in [0.4, 0.5) is 117 Å². The van der Waals surface area contributed by atoms with Crippen molar-refractivity contribution in [2.24, 2.45) is 0 Å². The van der Waals surface area contributed by atoms with Crippen molar-refractivity contribution in [2.45, 2.75) is 62.3 Å². The van der Waals surface area contributed by atoms with Crippen LogP contribution in [-0.4, -0.2) is 16.0 Å². The predicted octanol–water partition coefficient (Wildman–Crippen LogP) is 13.2. The van der Waals surface area contributed by atoms with Crippen LogP contribution in [0.3, 0.4) is 0 Å². The Labute approximate surface area is 485 Å². The summed E-state index contributed by atoms with van der Waals surface area (Å²) in [5.74, 6) is 1.30. The summed E-state index contributed by atoms with van der Waals surface area (Å²) in [5.41, 5.74) is -28.9. The third-order valence-corrected chi connectivity index (χ3v) is 15.2. The van der Waals surface area contributed by atoms with Crippen LogP contribution in [0.15, 0.2) is 154 Å². The van der Waals surface area contributed by atoms with Gasteiger partial charge in [-0.15, -0.1) is 0 Å². The fraction of sp³-hybridized carbons (Fsp3) is 0.185. The second kappa shape index (κ2) is 24.1. The highest BCUT2D eigenvalue weighted by molar-refractivity contribution is 7.20. The summed E-state index contributed by atoms with van der Waals surface area (Å²) in [7, 11) is 0. The maximum absolute atomic E-state index is 14.2. The van der Waals surface area contributed by atoms with Gasteiger partial charge in [0.1, 0.15) is 17.7 Å². The second-order valence-corrected chi connectivity index (χ2v) is 21.5. The zero-order valence-corrected chi connectivity index (χ0v) is 44.8. The van der Waals surface area contributed by atoms with E-state index >= 15 is 0 Å². The lowest BCUT2D eigenvalue weighted by Gasteiger charge is -2.46. The highest BCUT2D eigenvalue weighted by Gasteiger charge is 2.47. The monoisotopic (exact) mass is 1390 g/mol. The molecule has 0 saturated carbocycles. The molecule has 8 aromatic rings. The van der Waals surface area contributed by atoms with E-state index < -0.39 is 226 Å². The number of hydrogen-bond acceptors (Lipinski definition) is 6. The Kier molecular flexibility index (Phi) is 18.4. The second-order valence-electron chi connectivity index (χ2n) is 18.9. The molecule has 0 unspecified atom stereocenters. The van der Waals surface area contributed by atoms with E-state index in [9.17, 15) is 126 Å². The number of nitrogens with zero attached hydrogens (tertiary/aromatic N) is 2. The van der Waals surface area contributed by atoms with Crippen LogP contribution in [0.25, 0.3) is 0 Å². The Hall–Kier alpha value is -8.21. The molecule has 34 heteroatoms. The molecule has 8 rings (SSSR count). The van der Waals surface area contributed by atoms with E-state index in [1.165, 1.54) is 12.1 Å². The summed E-state index contributed by atoms with van der Waals surface area (Å²) >= 11 is -0.724. The van der Waals surface area contributed by atoms with E-state index in [4.69, 9.17) is 8.83 Å². The van der Waals surface area contributed by atoms with Gasteiger partial charge in [0, 0.05) is 48.2 Å². The molecule has 88 heavy (non-hydrogen) atoms. The third kappa shape index (κ3) is 15.5. The van der Waals surface area contributed by atoms with Gasteiger partial charge < -0.3 is 8.83 Å². The van der Waals surface area contributed by atoms with E-state index in [1.807, 2.05) is 24.3 Å². The summed E-state index contributed by atoms with van der Waals surface area (Å²) in [6.07, 6.45) is -54.1. The van der Waals surface area contributed by atoms with E-state index in [0.717, 1.165) is 7.53 Å². The van der Waals surface area contributed by atoms with Crippen LogP contribution in [0.1, 0.15) is 67.2 Å². The van der Waals surface area contributed by atoms with Gasteiger partial charge >= 0.3 is 78.1 Å². The van der Waals surface area contributed by atoms with Crippen LogP contribution in [-0.2, 0) is 62.3 Å². The molecular weight excluding hydrogens is 1370 g/mol. The van der Waals surface area contributed by atoms with Crippen molar-refractivity contribution in [3.05, 3.63) is 241 Å². The molecule has 468 valence electrons. The highest BCUT2D eigenvalue weighted by atomic mass is 127. The van der Waals surface area contributed by atoms with Crippen molar-refractivity contribution in [1.29, 1.82) is 0 Å². The molecule has 6 aromatic carbocycles. The van der Waals surface area contributed by atoms with Crippen molar-refractivity contribution in [1.82, 2.24) is 0 Å². The van der Waals surface area contributed by atoms with Crippen LogP contribution >= 0.6 is 0 Å². The van der Waals surface area contributed by atoms with Crippen molar-refractivity contribution in [2.75, 3.05) is 0 Å². The first-order chi connectivity index (χ1) is 40.3. The molecule has 8 nitrogen and oxygen atoms in total. The molecule has 0 amide bonds. The Morgan fingerprint density at radius 2 is 0.545 bits per heavy atom. The zero-order valence-electron chi connectivity index (χ0n) is 42.6. The number of alkyl halides is 24.